The molecule has 0 radical (unpaired) electrons. The minimum absolute atomic E-state index is 0.156. The Morgan fingerprint density at radius 3 is 2.74 bits per heavy atom. The molecule has 19 heavy (non-hydrogen) atoms. The van der Waals surface area contributed by atoms with Crippen LogP contribution in [0.4, 0.5) is 14.9 Å². The van der Waals surface area contributed by atoms with Gasteiger partial charge in [0, 0.05) is 12.2 Å². The summed E-state index contributed by atoms with van der Waals surface area (Å²) in [6.45, 7) is 4.78. The van der Waals surface area contributed by atoms with Crippen molar-refractivity contribution >= 4 is 11.7 Å². The zero-order chi connectivity index (χ0) is 13.8. The summed E-state index contributed by atoms with van der Waals surface area (Å²) in [5.41, 5.74) is 4.78. The second-order valence-electron chi connectivity index (χ2n) is 4.57. The highest BCUT2D eigenvalue weighted by atomic mass is 19.1. The first kappa shape index (κ1) is 13.5. The van der Waals surface area contributed by atoms with Crippen LogP contribution in [-0.2, 0) is 0 Å². The molecule has 3 N–H and O–H groups in total. The van der Waals surface area contributed by atoms with Crippen molar-refractivity contribution in [3.05, 3.63) is 41.7 Å². The molecule has 0 saturated carbocycles. The first-order valence-corrected chi connectivity index (χ1v) is 6.04. The highest BCUT2D eigenvalue weighted by Gasteiger charge is 2.33. The van der Waals surface area contributed by atoms with Gasteiger partial charge in [0.2, 0.25) is 0 Å². The maximum Gasteiger partial charge on any atom is 0.321 e. The number of carbonyl (C=O) groups excluding carboxylic acids is 1. The van der Waals surface area contributed by atoms with Crippen LogP contribution in [0.15, 0.2) is 35.9 Å². The Morgan fingerprint density at radius 2 is 2.11 bits per heavy atom. The number of urea groups is 1. The van der Waals surface area contributed by atoms with Crippen molar-refractivity contribution in [2.75, 3.05) is 11.9 Å². The Kier molecular flexibility index (Phi) is 4.13. The molecule has 1 aliphatic heterocycles. The third-order valence-electron chi connectivity index (χ3n) is 2.60. The number of carbonyl (C=O) groups is 1. The van der Waals surface area contributed by atoms with Gasteiger partial charge in [-0.05, 0) is 38.1 Å². The van der Waals surface area contributed by atoms with Crippen molar-refractivity contribution in [2.45, 2.75) is 20.1 Å². The van der Waals surface area contributed by atoms with Gasteiger partial charge in [-0.15, -0.1) is 0 Å². The Morgan fingerprint density at radius 1 is 1.42 bits per heavy atom. The van der Waals surface area contributed by atoms with E-state index in [1.165, 1.54) is 29.8 Å². The summed E-state index contributed by atoms with van der Waals surface area (Å²) in [4.78, 5) is 11.6. The number of halogens is 1. The van der Waals surface area contributed by atoms with Gasteiger partial charge in [0.05, 0.1) is 0 Å². The van der Waals surface area contributed by atoms with E-state index in [2.05, 4.69) is 22.1 Å². The molecule has 0 aliphatic carbocycles. The van der Waals surface area contributed by atoms with Crippen LogP contribution in [0.5, 0.6) is 0 Å². The number of amides is 2. The van der Waals surface area contributed by atoms with Crippen LogP contribution in [0, 0.1) is 5.82 Å². The lowest BCUT2D eigenvalue weighted by atomic mass is 10.3. The number of hydrogen-bond acceptors (Lipinski definition) is 3. The molecule has 2 unspecified atom stereocenters. The fourth-order valence-corrected chi connectivity index (χ4v) is 1.50. The molecular weight excluding hydrogens is 247 g/mol. The molecule has 6 heteroatoms. The van der Waals surface area contributed by atoms with Gasteiger partial charge in [-0.25, -0.2) is 19.6 Å². The Bertz CT molecular complexity index is 482. The Balaban J connectivity index is 1.74. The summed E-state index contributed by atoms with van der Waals surface area (Å²) in [5.74, 6) is -0.331. The van der Waals surface area contributed by atoms with Crippen molar-refractivity contribution in [3.8, 4) is 0 Å². The molecule has 2 rings (SSSR count). The summed E-state index contributed by atoms with van der Waals surface area (Å²) < 4.78 is 12.7. The van der Waals surface area contributed by atoms with Crippen molar-refractivity contribution in [1.29, 1.82) is 0 Å². The molecule has 1 aromatic carbocycles. The summed E-state index contributed by atoms with van der Waals surface area (Å²) in [6.07, 6.45) is 1.91. The number of benzene rings is 1. The van der Waals surface area contributed by atoms with Crippen molar-refractivity contribution in [2.24, 2.45) is 0 Å². The predicted molar refractivity (Wildman–Crippen MR) is 71.6 cm³/mol. The lowest BCUT2D eigenvalue weighted by molar-refractivity contribution is 0.250. The zero-order valence-corrected chi connectivity index (χ0v) is 10.9. The van der Waals surface area contributed by atoms with Gasteiger partial charge in [-0.3, -0.25) is 0 Å². The first-order valence-electron chi connectivity index (χ1n) is 6.04. The van der Waals surface area contributed by atoms with Crippen LogP contribution in [0.2, 0.25) is 0 Å². The average molecular weight is 264 g/mol. The van der Waals surface area contributed by atoms with Gasteiger partial charge in [0.25, 0.3) is 0 Å². The van der Waals surface area contributed by atoms with E-state index in [1.807, 2.05) is 18.9 Å². The third-order valence-corrected chi connectivity index (χ3v) is 2.60. The SMILES string of the molecule is CC(C)=CCN1NC1NC(=O)Nc1ccc(F)cc1. The summed E-state index contributed by atoms with van der Waals surface area (Å²) in [7, 11) is 0. The average Bonchev–Trinajstić information content (AvgIpc) is 3.08. The maximum absolute atomic E-state index is 12.7. The smallest absolute Gasteiger partial charge is 0.308 e. The molecule has 2 atom stereocenters. The minimum Gasteiger partial charge on any atom is -0.308 e. The molecule has 1 saturated heterocycles. The van der Waals surface area contributed by atoms with Crippen molar-refractivity contribution in [3.63, 3.8) is 0 Å². The van der Waals surface area contributed by atoms with Gasteiger partial charge in [-0.2, -0.15) is 0 Å². The Labute approximate surface area is 111 Å². The molecule has 2 amide bonds. The van der Waals surface area contributed by atoms with E-state index >= 15 is 0 Å². The fourth-order valence-electron chi connectivity index (χ4n) is 1.50. The molecule has 1 aromatic rings. The van der Waals surface area contributed by atoms with Gasteiger partial charge in [-0.1, -0.05) is 11.6 Å². The molecule has 0 aromatic heterocycles. The van der Waals surface area contributed by atoms with E-state index in [0.29, 0.717) is 5.69 Å². The second-order valence-corrected chi connectivity index (χ2v) is 4.57. The molecular formula is C13H17FN4O. The standard InChI is InChI=1S/C13H17FN4O/c1-9(2)7-8-18-12(17-18)16-13(19)15-11-5-3-10(14)4-6-11/h3-7,12,17H,8H2,1-2H3,(H2,15,16,19). The number of allylic oxidation sites excluding steroid dienone is 1. The van der Waals surface area contributed by atoms with Crippen LogP contribution < -0.4 is 16.1 Å². The first-order chi connectivity index (χ1) is 9.04. The van der Waals surface area contributed by atoms with Gasteiger partial charge >= 0.3 is 6.03 Å². The number of nitrogens with one attached hydrogen (secondary N) is 3. The maximum atomic E-state index is 12.7. The molecule has 1 fully saturated rings. The molecule has 1 heterocycles. The lowest BCUT2D eigenvalue weighted by Crippen LogP contribution is -2.33. The summed E-state index contributed by atoms with van der Waals surface area (Å²) >= 11 is 0. The van der Waals surface area contributed by atoms with Gasteiger partial charge in [0.1, 0.15) is 5.82 Å². The van der Waals surface area contributed by atoms with Gasteiger partial charge in [0.15, 0.2) is 6.29 Å². The van der Waals surface area contributed by atoms with Crippen LogP contribution in [0.1, 0.15) is 13.8 Å². The number of hydrazine groups is 1. The quantitative estimate of drug-likeness (QED) is 0.576. The minimum atomic E-state index is -0.331. The highest BCUT2D eigenvalue weighted by molar-refractivity contribution is 5.89. The molecule has 0 bridgehead atoms. The van der Waals surface area contributed by atoms with E-state index in [9.17, 15) is 9.18 Å². The van der Waals surface area contributed by atoms with Crippen molar-refractivity contribution < 1.29 is 9.18 Å². The van der Waals surface area contributed by atoms with E-state index in [-0.39, 0.29) is 18.1 Å². The van der Waals surface area contributed by atoms with E-state index in [0.717, 1.165) is 6.54 Å². The number of nitrogens with zero attached hydrogens (tertiary/aromatic N) is 1. The molecule has 0 spiro atoms. The largest absolute Gasteiger partial charge is 0.321 e. The normalized spacial score (nSPS) is 20.6. The van der Waals surface area contributed by atoms with Crippen LogP contribution in [0.25, 0.3) is 0 Å². The molecule has 102 valence electrons. The number of hydrogen-bond donors (Lipinski definition) is 3. The second kappa shape index (κ2) is 5.81. The van der Waals surface area contributed by atoms with E-state index < -0.39 is 0 Å². The molecule has 1 aliphatic rings. The third kappa shape index (κ3) is 4.35. The van der Waals surface area contributed by atoms with E-state index in [1.54, 1.807) is 0 Å². The Hall–Kier alpha value is -1.92. The van der Waals surface area contributed by atoms with Crippen LogP contribution in [0.3, 0.4) is 0 Å². The summed E-state index contributed by atoms with van der Waals surface area (Å²) in [5, 5.41) is 7.25. The van der Waals surface area contributed by atoms with Crippen LogP contribution >= 0.6 is 0 Å². The number of rotatable bonds is 4. The van der Waals surface area contributed by atoms with Crippen LogP contribution in [-0.4, -0.2) is 23.9 Å². The lowest BCUT2D eigenvalue weighted by Gasteiger charge is -2.05. The van der Waals surface area contributed by atoms with Gasteiger partial charge < -0.3 is 10.6 Å². The monoisotopic (exact) mass is 264 g/mol. The zero-order valence-electron chi connectivity index (χ0n) is 10.9. The highest BCUT2D eigenvalue weighted by Crippen LogP contribution is 2.09. The summed E-state index contributed by atoms with van der Waals surface area (Å²) in [6, 6.07) is 5.29. The van der Waals surface area contributed by atoms with E-state index in [4.69, 9.17) is 0 Å². The van der Waals surface area contributed by atoms with Crippen molar-refractivity contribution in [1.82, 2.24) is 15.8 Å². The topological polar surface area (TPSA) is 66.1 Å². The molecule has 5 nitrogen and oxygen atoms in total. The fraction of sp³-hybridized carbons (Fsp3) is 0.308. The predicted octanol–water partition coefficient (Wildman–Crippen LogP) is 2.02. The number of anilines is 1.